The van der Waals surface area contributed by atoms with Crippen LogP contribution in [0.1, 0.15) is 68.9 Å². The molecule has 1 atom stereocenters. The largest absolute Gasteiger partial charge is 0.494 e. The van der Waals surface area contributed by atoms with E-state index in [1.165, 1.54) is 6.33 Å². The molecule has 1 amide bonds. The van der Waals surface area contributed by atoms with Gasteiger partial charge in [-0.3, -0.25) is 14.6 Å². The summed E-state index contributed by atoms with van der Waals surface area (Å²) in [6, 6.07) is 8.49. The zero-order chi connectivity index (χ0) is 22.1. The predicted octanol–water partition coefficient (Wildman–Crippen LogP) is 3.86. The van der Waals surface area contributed by atoms with E-state index >= 15 is 0 Å². The molecular weight excluding hydrogens is 404 g/mol. The number of nitrogens with zero attached hydrogens (tertiary/aromatic N) is 4. The van der Waals surface area contributed by atoms with E-state index in [0.717, 1.165) is 48.1 Å². The molecular formula is C24H28N6O2. The highest BCUT2D eigenvalue weighted by atomic mass is 16.5. The number of ether oxygens (including phenoxy) is 1. The molecule has 2 N–H and O–H groups in total. The molecule has 0 bridgehead atoms. The first-order valence-electron chi connectivity index (χ1n) is 11.3. The molecule has 1 saturated carbocycles. The van der Waals surface area contributed by atoms with Gasteiger partial charge in [-0.15, -0.1) is 0 Å². The second-order valence-electron chi connectivity index (χ2n) is 8.82. The summed E-state index contributed by atoms with van der Waals surface area (Å²) in [6.45, 7) is 4.91. The monoisotopic (exact) mass is 432 g/mol. The highest BCUT2D eigenvalue weighted by Gasteiger charge is 2.39. The van der Waals surface area contributed by atoms with Crippen LogP contribution >= 0.6 is 0 Å². The van der Waals surface area contributed by atoms with Gasteiger partial charge in [0.25, 0.3) is 5.91 Å². The quantitative estimate of drug-likeness (QED) is 0.527. The van der Waals surface area contributed by atoms with Crippen molar-refractivity contribution in [2.45, 2.75) is 57.5 Å². The summed E-state index contributed by atoms with van der Waals surface area (Å²) in [7, 11) is 0. The lowest BCUT2D eigenvalue weighted by atomic mass is 9.79. The minimum atomic E-state index is -0.570. The Labute approximate surface area is 187 Å². The number of hydrogen-bond acceptors (Lipinski definition) is 5. The summed E-state index contributed by atoms with van der Waals surface area (Å²) < 4.78 is 7.81. The molecule has 3 aromatic rings. The van der Waals surface area contributed by atoms with Crippen LogP contribution in [-0.2, 0) is 10.3 Å². The fraction of sp³-hybridized carbons (Fsp3) is 0.417. The van der Waals surface area contributed by atoms with Crippen LogP contribution in [0.5, 0.6) is 5.75 Å². The average molecular weight is 433 g/mol. The highest BCUT2D eigenvalue weighted by molar-refractivity contribution is 6.27. The first-order valence-corrected chi connectivity index (χ1v) is 11.3. The van der Waals surface area contributed by atoms with Gasteiger partial charge in [-0.05, 0) is 49.5 Å². The number of amides is 1. The molecule has 0 radical (unpaired) electrons. The van der Waals surface area contributed by atoms with Gasteiger partial charge in [-0.2, -0.15) is 10.2 Å². The summed E-state index contributed by atoms with van der Waals surface area (Å²) in [6.07, 6.45) is 10.4. The first-order chi connectivity index (χ1) is 15.6. The number of nitrogens with one attached hydrogen (secondary N) is 2. The molecule has 32 heavy (non-hydrogen) atoms. The maximum Gasteiger partial charge on any atom is 0.256 e. The van der Waals surface area contributed by atoms with E-state index in [1.807, 2.05) is 41.3 Å². The van der Waals surface area contributed by atoms with Gasteiger partial charge in [0.05, 0.1) is 30.0 Å². The van der Waals surface area contributed by atoms with Gasteiger partial charge in [0.15, 0.2) is 5.82 Å². The third-order valence-electron chi connectivity index (χ3n) is 6.23. The Kier molecular flexibility index (Phi) is 5.28. The van der Waals surface area contributed by atoms with E-state index in [0.29, 0.717) is 30.5 Å². The molecule has 1 aliphatic heterocycles. The fourth-order valence-corrected chi connectivity index (χ4v) is 4.22. The Hall–Kier alpha value is -3.42. The maximum absolute atomic E-state index is 13.4. The Morgan fingerprint density at radius 1 is 1.25 bits per heavy atom. The number of hydrogen-bond donors (Lipinski definition) is 2. The summed E-state index contributed by atoms with van der Waals surface area (Å²) in [4.78, 5) is 17.6. The minimum absolute atomic E-state index is 0.173. The lowest BCUT2D eigenvalue weighted by molar-refractivity contribution is -0.117. The van der Waals surface area contributed by atoms with Gasteiger partial charge in [-0.25, -0.2) is 4.98 Å². The number of unbranched alkanes of at least 4 members (excludes halogenated alkanes) is 1. The van der Waals surface area contributed by atoms with E-state index in [9.17, 15) is 4.79 Å². The van der Waals surface area contributed by atoms with Crippen LogP contribution in [-0.4, -0.2) is 37.5 Å². The summed E-state index contributed by atoms with van der Waals surface area (Å²) in [5.74, 6) is 1.14. The van der Waals surface area contributed by atoms with E-state index in [4.69, 9.17) is 4.74 Å². The molecule has 3 heterocycles. The van der Waals surface area contributed by atoms with Crippen molar-refractivity contribution in [3.63, 3.8) is 0 Å². The van der Waals surface area contributed by atoms with Crippen LogP contribution in [0.25, 0.3) is 11.1 Å². The van der Waals surface area contributed by atoms with Gasteiger partial charge >= 0.3 is 0 Å². The third-order valence-corrected chi connectivity index (χ3v) is 6.23. The van der Waals surface area contributed by atoms with Crippen molar-refractivity contribution in [3.8, 4) is 5.75 Å². The maximum atomic E-state index is 13.4. The molecule has 0 spiro atoms. The van der Waals surface area contributed by atoms with Crippen molar-refractivity contribution in [1.82, 2.24) is 30.3 Å². The molecule has 0 saturated heterocycles. The molecule has 2 aromatic heterocycles. The molecule has 8 nitrogen and oxygen atoms in total. The fourth-order valence-electron chi connectivity index (χ4n) is 4.22. The normalized spacial score (nSPS) is 21.0. The van der Waals surface area contributed by atoms with Crippen LogP contribution in [0.4, 0.5) is 0 Å². The van der Waals surface area contributed by atoms with Crippen LogP contribution in [0, 0.1) is 0 Å². The smallest absolute Gasteiger partial charge is 0.256 e. The number of aromatic nitrogens is 5. The number of aromatic amines is 1. The Morgan fingerprint density at radius 3 is 2.75 bits per heavy atom. The van der Waals surface area contributed by atoms with Crippen molar-refractivity contribution in [2.75, 3.05) is 6.61 Å². The molecule has 2 aliphatic rings. The molecule has 166 valence electrons. The van der Waals surface area contributed by atoms with Crippen molar-refractivity contribution in [3.05, 3.63) is 59.9 Å². The van der Waals surface area contributed by atoms with E-state index < -0.39 is 5.54 Å². The average Bonchev–Trinajstić information content (AvgIpc) is 3.28. The Bertz CT molecular complexity index is 1130. The van der Waals surface area contributed by atoms with Gasteiger partial charge < -0.3 is 10.1 Å². The zero-order valence-corrected chi connectivity index (χ0v) is 18.5. The lowest BCUT2D eigenvalue weighted by Gasteiger charge is -2.37. The van der Waals surface area contributed by atoms with Crippen LogP contribution in [0.15, 0.2) is 43.0 Å². The predicted molar refractivity (Wildman–Crippen MR) is 121 cm³/mol. The Balaban J connectivity index is 1.49. The summed E-state index contributed by atoms with van der Waals surface area (Å²) >= 11 is 0. The lowest BCUT2D eigenvalue weighted by Crippen LogP contribution is -2.47. The zero-order valence-electron chi connectivity index (χ0n) is 18.5. The van der Waals surface area contributed by atoms with Gasteiger partial charge in [-0.1, -0.05) is 25.5 Å². The molecule has 1 aliphatic carbocycles. The van der Waals surface area contributed by atoms with Gasteiger partial charge in [0.2, 0.25) is 0 Å². The molecule has 5 rings (SSSR count). The number of H-pyrrole nitrogens is 1. The number of carbonyl (C=O) groups excluding carboxylic acids is 1. The van der Waals surface area contributed by atoms with E-state index in [2.05, 4.69) is 39.4 Å². The first kappa shape index (κ1) is 20.5. The van der Waals surface area contributed by atoms with Gasteiger partial charge in [0, 0.05) is 18.2 Å². The topological polar surface area (TPSA) is 97.7 Å². The number of benzene rings is 1. The number of carbonyl (C=O) groups is 1. The van der Waals surface area contributed by atoms with Crippen molar-refractivity contribution in [1.29, 1.82) is 0 Å². The van der Waals surface area contributed by atoms with Crippen molar-refractivity contribution in [2.24, 2.45) is 0 Å². The highest BCUT2D eigenvalue weighted by Crippen LogP contribution is 2.42. The third kappa shape index (κ3) is 3.92. The second kappa shape index (κ2) is 8.26. The Morgan fingerprint density at radius 2 is 2.06 bits per heavy atom. The van der Waals surface area contributed by atoms with Crippen molar-refractivity contribution >= 4 is 17.1 Å². The molecule has 1 fully saturated rings. The molecule has 1 aromatic carbocycles. The molecule has 8 heteroatoms. The molecule has 1 unspecified atom stereocenters. The number of rotatable bonds is 8. The van der Waals surface area contributed by atoms with Crippen molar-refractivity contribution < 1.29 is 9.53 Å². The standard InChI is InChI=1S/C24H28N6O2/c1-3-4-11-32-19-9-5-17(6-10-19)24(2)12-20(16-13-27-30(14-16)18-7-8-18)21(23(31)28-24)22-25-15-26-29-22/h5-6,9-10,13-15,18H,3-4,7-8,11-12H2,1-2H3,(H,28,31)(H,25,26,29). The van der Waals surface area contributed by atoms with Crippen LogP contribution < -0.4 is 10.1 Å². The van der Waals surface area contributed by atoms with Gasteiger partial charge in [0.1, 0.15) is 12.1 Å². The SMILES string of the molecule is CCCCOc1ccc(C2(C)CC(c3cnn(C4CC4)c3)=C(c3ncn[nH]3)C(=O)N2)cc1. The summed E-state index contributed by atoms with van der Waals surface area (Å²) in [5.41, 5.74) is 2.85. The second-order valence-corrected chi connectivity index (χ2v) is 8.82. The van der Waals surface area contributed by atoms with Crippen LogP contribution in [0.2, 0.25) is 0 Å². The van der Waals surface area contributed by atoms with E-state index in [-0.39, 0.29) is 5.91 Å². The van der Waals surface area contributed by atoms with Crippen LogP contribution in [0.3, 0.4) is 0 Å². The summed E-state index contributed by atoms with van der Waals surface area (Å²) in [5, 5.41) is 14.6. The minimum Gasteiger partial charge on any atom is -0.494 e. The van der Waals surface area contributed by atoms with E-state index in [1.54, 1.807) is 0 Å².